The van der Waals surface area contributed by atoms with Gasteiger partial charge in [-0.2, -0.15) is 0 Å². The Balaban J connectivity index is 2.50. The molecule has 0 N–H and O–H groups in total. The van der Waals surface area contributed by atoms with E-state index in [9.17, 15) is 0 Å². The van der Waals surface area contributed by atoms with Crippen LogP contribution in [0, 0.1) is 0 Å². The molecule has 0 aliphatic heterocycles. The zero-order valence-electron chi connectivity index (χ0n) is 7.19. The standard InChI is InChI=1S/C9H10Cl2N2/c10-8-6-4-2-1-3-5-7(6)9(11)13-12-8/h1-5H2. The molecule has 0 amide bonds. The highest BCUT2D eigenvalue weighted by Crippen LogP contribution is 2.28. The van der Waals surface area contributed by atoms with Crippen molar-refractivity contribution in [3.8, 4) is 0 Å². The predicted octanol–water partition coefficient (Wildman–Crippen LogP) is 3.05. The lowest BCUT2D eigenvalue weighted by Gasteiger charge is -2.06. The molecule has 1 aliphatic carbocycles. The summed E-state index contributed by atoms with van der Waals surface area (Å²) in [6.45, 7) is 0. The number of rotatable bonds is 0. The number of fused-ring (bicyclic) bond motifs is 1. The van der Waals surface area contributed by atoms with Gasteiger partial charge in [0.2, 0.25) is 0 Å². The molecule has 0 fully saturated rings. The number of nitrogens with zero attached hydrogens (tertiary/aromatic N) is 2. The first kappa shape index (κ1) is 9.22. The second kappa shape index (κ2) is 3.81. The van der Waals surface area contributed by atoms with Crippen molar-refractivity contribution in [1.82, 2.24) is 10.2 Å². The zero-order valence-corrected chi connectivity index (χ0v) is 8.70. The van der Waals surface area contributed by atoms with E-state index in [4.69, 9.17) is 23.2 Å². The van der Waals surface area contributed by atoms with Crippen LogP contribution in [0.15, 0.2) is 0 Å². The van der Waals surface area contributed by atoms with Gasteiger partial charge in [0.05, 0.1) is 0 Å². The number of aromatic nitrogens is 2. The van der Waals surface area contributed by atoms with E-state index in [0.29, 0.717) is 10.3 Å². The van der Waals surface area contributed by atoms with Gasteiger partial charge in [-0.05, 0) is 36.8 Å². The molecule has 2 nitrogen and oxygen atoms in total. The van der Waals surface area contributed by atoms with Crippen LogP contribution in [0.3, 0.4) is 0 Å². The van der Waals surface area contributed by atoms with Gasteiger partial charge in [0.1, 0.15) is 0 Å². The van der Waals surface area contributed by atoms with Crippen molar-refractivity contribution in [2.75, 3.05) is 0 Å². The molecule has 1 aliphatic rings. The van der Waals surface area contributed by atoms with Crippen molar-refractivity contribution >= 4 is 23.2 Å². The fraction of sp³-hybridized carbons (Fsp3) is 0.556. The van der Waals surface area contributed by atoms with Crippen LogP contribution >= 0.6 is 23.2 Å². The number of hydrogen-bond acceptors (Lipinski definition) is 2. The van der Waals surface area contributed by atoms with E-state index in [2.05, 4.69) is 10.2 Å². The zero-order chi connectivity index (χ0) is 9.26. The maximum absolute atomic E-state index is 5.95. The van der Waals surface area contributed by atoms with Crippen LogP contribution in [0.5, 0.6) is 0 Å². The first-order chi connectivity index (χ1) is 6.29. The molecule has 4 heteroatoms. The average Bonchev–Trinajstić information content (AvgIpc) is 2.37. The van der Waals surface area contributed by atoms with Crippen LogP contribution in [0.1, 0.15) is 30.4 Å². The van der Waals surface area contributed by atoms with Gasteiger partial charge in [-0.1, -0.05) is 29.6 Å². The molecule has 70 valence electrons. The Labute approximate surface area is 87.3 Å². The molecule has 0 saturated heterocycles. The Morgan fingerprint density at radius 2 is 1.23 bits per heavy atom. The smallest absolute Gasteiger partial charge is 0.137 e. The molecule has 1 aromatic heterocycles. The van der Waals surface area contributed by atoms with Gasteiger partial charge in [0.25, 0.3) is 0 Å². The Morgan fingerprint density at radius 1 is 0.769 bits per heavy atom. The Morgan fingerprint density at radius 3 is 1.69 bits per heavy atom. The summed E-state index contributed by atoms with van der Waals surface area (Å²) in [6.07, 6.45) is 5.57. The lowest BCUT2D eigenvalue weighted by molar-refractivity contribution is 0.711. The largest absolute Gasteiger partial charge is 0.155 e. The monoisotopic (exact) mass is 216 g/mol. The van der Waals surface area contributed by atoms with E-state index in [0.717, 1.165) is 24.0 Å². The molecule has 0 unspecified atom stereocenters. The van der Waals surface area contributed by atoms with Crippen molar-refractivity contribution in [3.05, 3.63) is 21.4 Å². The Hall–Kier alpha value is -0.340. The molecule has 0 aromatic carbocycles. The van der Waals surface area contributed by atoms with Crippen molar-refractivity contribution in [2.24, 2.45) is 0 Å². The summed E-state index contributed by atoms with van der Waals surface area (Å²) in [5, 5.41) is 8.69. The topological polar surface area (TPSA) is 25.8 Å². The molecule has 0 atom stereocenters. The summed E-state index contributed by atoms with van der Waals surface area (Å²) in [5.74, 6) is 0. The van der Waals surface area contributed by atoms with Crippen LogP contribution in [0.25, 0.3) is 0 Å². The highest BCUT2D eigenvalue weighted by atomic mass is 35.5. The first-order valence-electron chi connectivity index (χ1n) is 4.48. The quantitative estimate of drug-likeness (QED) is 0.624. The SMILES string of the molecule is Clc1nnc(Cl)c2c1CCCCC2. The molecule has 1 aromatic rings. The van der Waals surface area contributed by atoms with Crippen LogP contribution in [-0.2, 0) is 12.8 Å². The summed E-state index contributed by atoms with van der Waals surface area (Å²) >= 11 is 11.9. The minimum atomic E-state index is 0.529. The van der Waals surface area contributed by atoms with Crippen LogP contribution in [0.4, 0.5) is 0 Å². The molecule has 0 radical (unpaired) electrons. The maximum Gasteiger partial charge on any atom is 0.155 e. The minimum Gasteiger partial charge on any atom is -0.137 e. The third-order valence-electron chi connectivity index (χ3n) is 2.44. The van der Waals surface area contributed by atoms with Gasteiger partial charge < -0.3 is 0 Å². The van der Waals surface area contributed by atoms with E-state index < -0.39 is 0 Å². The molecule has 0 bridgehead atoms. The second-order valence-corrected chi connectivity index (χ2v) is 4.02. The lowest BCUT2D eigenvalue weighted by atomic mass is 10.1. The normalized spacial score (nSPS) is 16.5. The number of hydrogen-bond donors (Lipinski definition) is 0. The first-order valence-corrected chi connectivity index (χ1v) is 5.24. The van der Waals surface area contributed by atoms with Crippen molar-refractivity contribution in [3.63, 3.8) is 0 Å². The lowest BCUT2D eigenvalue weighted by Crippen LogP contribution is -1.98. The van der Waals surface area contributed by atoms with Crippen LogP contribution < -0.4 is 0 Å². The predicted molar refractivity (Wildman–Crippen MR) is 53.3 cm³/mol. The van der Waals surface area contributed by atoms with Crippen molar-refractivity contribution in [2.45, 2.75) is 32.1 Å². The molecule has 0 spiro atoms. The van der Waals surface area contributed by atoms with E-state index >= 15 is 0 Å². The molecule has 13 heavy (non-hydrogen) atoms. The second-order valence-electron chi connectivity index (χ2n) is 3.30. The molecular weight excluding hydrogens is 207 g/mol. The molecule has 2 rings (SSSR count). The van der Waals surface area contributed by atoms with Gasteiger partial charge >= 0.3 is 0 Å². The van der Waals surface area contributed by atoms with Crippen molar-refractivity contribution in [1.29, 1.82) is 0 Å². The summed E-state index contributed by atoms with van der Waals surface area (Å²) in [7, 11) is 0. The fourth-order valence-electron chi connectivity index (χ4n) is 1.75. The summed E-state index contributed by atoms with van der Waals surface area (Å²) in [4.78, 5) is 0. The number of halogens is 2. The maximum atomic E-state index is 5.95. The summed E-state index contributed by atoms with van der Waals surface area (Å²) in [5.41, 5.74) is 2.22. The van der Waals surface area contributed by atoms with E-state index in [1.165, 1.54) is 19.3 Å². The van der Waals surface area contributed by atoms with Gasteiger partial charge in [-0.15, -0.1) is 10.2 Å². The highest BCUT2D eigenvalue weighted by molar-refractivity contribution is 6.32. The van der Waals surface area contributed by atoms with Gasteiger partial charge in [0, 0.05) is 0 Å². The van der Waals surface area contributed by atoms with Crippen LogP contribution in [-0.4, -0.2) is 10.2 Å². The Bertz CT molecular complexity index is 295. The van der Waals surface area contributed by atoms with Gasteiger partial charge in [-0.25, -0.2) is 0 Å². The van der Waals surface area contributed by atoms with Crippen LogP contribution in [0.2, 0.25) is 10.3 Å². The summed E-state index contributed by atoms with van der Waals surface area (Å²) in [6, 6.07) is 0. The van der Waals surface area contributed by atoms with E-state index in [1.54, 1.807) is 0 Å². The molecule has 0 saturated carbocycles. The highest BCUT2D eigenvalue weighted by Gasteiger charge is 2.15. The van der Waals surface area contributed by atoms with Gasteiger partial charge in [0.15, 0.2) is 10.3 Å². The minimum absolute atomic E-state index is 0.529. The van der Waals surface area contributed by atoms with E-state index in [1.807, 2.05) is 0 Å². The van der Waals surface area contributed by atoms with Crippen molar-refractivity contribution < 1.29 is 0 Å². The van der Waals surface area contributed by atoms with Gasteiger partial charge in [-0.3, -0.25) is 0 Å². The molecule has 1 heterocycles. The third-order valence-corrected chi connectivity index (χ3v) is 3.05. The molecular formula is C9H10Cl2N2. The average molecular weight is 217 g/mol. The fourth-order valence-corrected chi connectivity index (χ4v) is 2.24. The van der Waals surface area contributed by atoms with E-state index in [-0.39, 0.29) is 0 Å². The Kier molecular flexibility index (Phi) is 2.70. The summed E-state index contributed by atoms with van der Waals surface area (Å²) < 4.78 is 0. The third kappa shape index (κ3) is 1.79.